The van der Waals surface area contributed by atoms with E-state index < -0.39 is 0 Å². The lowest BCUT2D eigenvalue weighted by Crippen LogP contribution is -2.27. The first-order valence-electron chi connectivity index (χ1n) is 7.16. The lowest BCUT2D eigenvalue weighted by Gasteiger charge is -2.16. The van der Waals surface area contributed by atoms with Gasteiger partial charge in [-0.1, -0.05) is 0 Å². The van der Waals surface area contributed by atoms with Gasteiger partial charge in [-0.15, -0.1) is 11.3 Å². The largest absolute Gasteiger partial charge is 0.381 e. The Kier molecular flexibility index (Phi) is 2.74. The topological polar surface area (TPSA) is 28.2 Å². The number of nitrogens with one attached hydrogen (secondary N) is 1. The second kappa shape index (κ2) is 4.46. The third kappa shape index (κ3) is 2.35. The van der Waals surface area contributed by atoms with Crippen molar-refractivity contribution in [3.8, 4) is 0 Å². The molecule has 1 aliphatic heterocycles. The Hall–Kier alpha value is -1.13. The van der Waals surface area contributed by atoms with Gasteiger partial charge < -0.3 is 5.32 Å². The van der Waals surface area contributed by atoms with Crippen LogP contribution in [0.15, 0.2) is 18.2 Å². The molecule has 19 heavy (non-hydrogen) atoms. The summed E-state index contributed by atoms with van der Waals surface area (Å²) in [5.41, 5.74) is 2.37. The maximum absolute atomic E-state index is 4.51. The minimum Gasteiger partial charge on any atom is -0.381 e. The van der Waals surface area contributed by atoms with Gasteiger partial charge in [-0.05, 0) is 44.4 Å². The molecule has 1 aliphatic carbocycles. The zero-order valence-electron chi connectivity index (χ0n) is 11.2. The van der Waals surface area contributed by atoms with Crippen molar-refractivity contribution >= 4 is 27.2 Å². The van der Waals surface area contributed by atoms with E-state index in [0.29, 0.717) is 6.04 Å². The molecule has 1 saturated carbocycles. The first-order valence-corrected chi connectivity index (χ1v) is 7.97. The summed E-state index contributed by atoms with van der Waals surface area (Å²) >= 11 is 1.78. The van der Waals surface area contributed by atoms with Crippen LogP contribution >= 0.6 is 11.3 Å². The second-order valence-electron chi connectivity index (χ2n) is 5.77. The number of fused-ring (bicyclic) bond motifs is 1. The van der Waals surface area contributed by atoms with Crippen molar-refractivity contribution in [2.24, 2.45) is 0 Å². The highest BCUT2D eigenvalue weighted by molar-refractivity contribution is 7.18. The van der Waals surface area contributed by atoms with Gasteiger partial charge in [0.15, 0.2) is 0 Å². The maximum Gasteiger partial charge on any atom is 0.0907 e. The van der Waals surface area contributed by atoms with E-state index in [4.69, 9.17) is 0 Å². The van der Waals surface area contributed by atoms with Crippen molar-refractivity contribution in [2.75, 3.05) is 18.4 Å². The van der Waals surface area contributed by atoms with Crippen molar-refractivity contribution in [1.82, 2.24) is 9.88 Å². The monoisotopic (exact) mass is 273 g/mol. The molecule has 4 heteroatoms. The zero-order chi connectivity index (χ0) is 12.8. The van der Waals surface area contributed by atoms with Crippen LogP contribution in [0.5, 0.6) is 0 Å². The molecule has 2 heterocycles. The maximum atomic E-state index is 4.51. The average molecular weight is 273 g/mol. The van der Waals surface area contributed by atoms with Gasteiger partial charge in [0.2, 0.25) is 0 Å². The Morgan fingerprint density at radius 2 is 2.21 bits per heavy atom. The molecule has 1 aromatic carbocycles. The highest BCUT2D eigenvalue weighted by Gasteiger charge is 2.34. The molecule has 0 spiro atoms. The molecule has 100 valence electrons. The van der Waals surface area contributed by atoms with Crippen LogP contribution < -0.4 is 5.32 Å². The number of anilines is 1. The third-order valence-corrected chi connectivity index (χ3v) is 5.08. The van der Waals surface area contributed by atoms with Crippen LogP contribution in [0, 0.1) is 6.92 Å². The molecule has 2 fully saturated rings. The van der Waals surface area contributed by atoms with Crippen molar-refractivity contribution in [1.29, 1.82) is 0 Å². The van der Waals surface area contributed by atoms with Gasteiger partial charge in [-0.3, -0.25) is 4.90 Å². The van der Waals surface area contributed by atoms with Crippen molar-refractivity contribution in [2.45, 2.75) is 38.3 Å². The number of hydrogen-bond donors (Lipinski definition) is 1. The van der Waals surface area contributed by atoms with E-state index in [1.165, 1.54) is 42.7 Å². The summed E-state index contributed by atoms with van der Waals surface area (Å²) in [5.74, 6) is 0. The molecule has 1 N–H and O–H groups in total. The number of rotatable bonds is 3. The minimum absolute atomic E-state index is 0.618. The Morgan fingerprint density at radius 3 is 3.05 bits per heavy atom. The van der Waals surface area contributed by atoms with Gasteiger partial charge >= 0.3 is 0 Å². The number of hydrogen-bond acceptors (Lipinski definition) is 4. The van der Waals surface area contributed by atoms with Crippen LogP contribution in [0.2, 0.25) is 0 Å². The molecule has 1 unspecified atom stereocenters. The summed E-state index contributed by atoms with van der Waals surface area (Å²) in [4.78, 5) is 7.16. The Morgan fingerprint density at radius 1 is 1.32 bits per heavy atom. The molecule has 1 saturated heterocycles. The SMILES string of the molecule is Cc1nc2ccc(NC3CCN(C4CC4)C3)cc2s1. The standard InChI is InChI=1S/C15H19N3S/c1-10-16-14-5-2-11(8-15(14)19-10)17-12-6-7-18(9-12)13-3-4-13/h2,5,8,12-13,17H,3-4,6-7,9H2,1H3. The molecule has 0 amide bonds. The first kappa shape index (κ1) is 11.7. The molecule has 2 aliphatic rings. The van der Waals surface area contributed by atoms with Crippen LogP contribution in [0.25, 0.3) is 10.2 Å². The first-order chi connectivity index (χ1) is 9.28. The van der Waals surface area contributed by atoms with E-state index in [1.807, 2.05) is 0 Å². The van der Waals surface area contributed by atoms with Crippen molar-refractivity contribution in [3.05, 3.63) is 23.2 Å². The van der Waals surface area contributed by atoms with Gasteiger partial charge in [0.25, 0.3) is 0 Å². The number of likely N-dealkylation sites (tertiary alicyclic amines) is 1. The fourth-order valence-electron chi connectivity index (χ4n) is 3.04. The quantitative estimate of drug-likeness (QED) is 0.930. The molecular weight excluding hydrogens is 254 g/mol. The van der Waals surface area contributed by atoms with Crippen LogP contribution in [0.4, 0.5) is 5.69 Å². The predicted octanol–water partition coefficient (Wildman–Crippen LogP) is 3.25. The summed E-state index contributed by atoms with van der Waals surface area (Å²) in [6, 6.07) is 8.07. The fraction of sp³-hybridized carbons (Fsp3) is 0.533. The summed E-state index contributed by atoms with van der Waals surface area (Å²) in [6.07, 6.45) is 4.11. The molecule has 4 rings (SSSR count). The van der Waals surface area contributed by atoms with Crippen LogP contribution in [-0.2, 0) is 0 Å². The van der Waals surface area contributed by atoms with E-state index in [9.17, 15) is 0 Å². The van der Waals surface area contributed by atoms with E-state index in [-0.39, 0.29) is 0 Å². The Labute approximate surface area is 117 Å². The van der Waals surface area contributed by atoms with E-state index in [2.05, 4.69) is 40.3 Å². The van der Waals surface area contributed by atoms with Gasteiger partial charge in [0.1, 0.15) is 0 Å². The fourth-order valence-corrected chi connectivity index (χ4v) is 3.91. The average Bonchev–Trinajstić information content (AvgIpc) is 3.02. The van der Waals surface area contributed by atoms with Crippen molar-refractivity contribution in [3.63, 3.8) is 0 Å². The zero-order valence-corrected chi connectivity index (χ0v) is 12.0. The number of benzene rings is 1. The highest BCUT2D eigenvalue weighted by atomic mass is 32.1. The number of nitrogens with zero attached hydrogens (tertiary/aromatic N) is 2. The summed E-state index contributed by atoms with van der Waals surface area (Å²) in [6.45, 7) is 4.55. The van der Waals surface area contributed by atoms with Gasteiger partial charge in [-0.25, -0.2) is 4.98 Å². The molecule has 0 bridgehead atoms. The summed E-state index contributed by atoms with van der Waals surface area (Å²) < 4.78 is 1.29. The number of aromatic nitrogens is 1. The van der Waals surface area contributed by atoms with Crippen molar-refractivity contribution < 1.29 is 0 Å². The smallest absolute Gasteiger partial charge is 0.0907 e. The van der Waals surface area contributed by atoms with Crippen LogP contribution in [-0.4, -0.2) is 35.1 Å². The molecular formula is C15H19N3S. The Balaban J connectivity index is 1.48. The lowest BCUT2D eigenvalue weighted by atomic mass is 10.2. The highest BCUT2D eigenvalue weighted by Crippen LogP contribution is 2.31. The van der Waals surface area contributed by atoms with E-state index >= 15 is 0 Å². The molecule has 1 aromatic heterocycles. The van der Waals surface area contributed by atoms with E-state index in [0.717, 1.165) is 16.6 Å². The van der Waals surface area contributed by atoms with Gasteiger partial charge in [-0.2, -0.15) is 0 Å². The molecule has 1 atom stereocenters. The lowest BCUT2D eigenvalue weighted by molar-refractivity contribution is 0.326. The third-order valence-electron chi connectivity index (χ3n) is 4.15. The summed E-state index contributed by atoms with van der Waals surface area (Å²) in [5, 5.41) is 4.84. The van der Waals surface area contributed by atoms with Crippen LogP contribution in [0.3, 0.4) is 0 Å². The van der Waals surface area contributed by atoms with E-state index in [1.54, 1.807) is 11.3 Å². The molecule has 2 aromatic rings. The second-order valence-corrected chi connectivity index (χ2v) is 7.01. The Bertz CT molecular complexity index is 602. The normalized spacial score (nSPS) is 24.2. The predicted molar refractivity (Wildman–Crippen MR) is 81.0 cm³/mol. The van der Waals surface area contributed by atoms with Gasteiger partial charge in [0, 0.05) is 30.9 Å². The minimum atomic E-state index is 0.618. The molecule has 3 nitrogen and oxygen atoms in total. The van der Waals surface area contributed by atoms with Gasteiger partial charge in [0.05, 0.1) is 15.2 Å². The summed E-state index contributed by atoms with van der Waals surface area (Å²) in [7, 11) is 0. The number of aryl methyl sites for hydroxylation is 1. The van der Waals surface area contributed by atoms with Crippen LogP contribution in [0.1, 0.15) is 24.3 Å². The molecule has 0 radical (unpaired) electrons. The number of thiazole rings is 1.